The Hall–Kier alpha value is -2.76. The summed E-state index contributed by atoms with van der Waals surface area (Å²) in [7, 11) is 2.15. The minimum absolute atomic E-state index is 0.392. The van der Waals surface area contributed by atoms with E-state index in [0.29, 0.717) is 11.9 Å². The number of allylic oxidation sites excluding steroid dienone is 3. The van der Waals surface area contributed by atoms with Crippen LogP contribution in [-0.2, 0) is 13.0 Å². The zero-order valence-electron chi connectivity index (χ0n) is 16.6. The van der Waals surface area contributed by atoms with Gasteiger partial charge in [-0.1, -0.05) is 60.8 Å². The fraction of sp³-hybridized carbons (Fsp3) is 0.250. The molecule has 1 aliphatic carbocycles. The Morgan fingerprint density at radius 3 is 2.86 bits per heavy atom. The molecule has 1 unspecified atom stereocenters. The van der Waals surface area contributed by atoms with Gasteiger partial charge in [-0.05, 0) is 35.7 Å². The summed E-state index contributed by atoms with van der Waals surface area (Å²) in [5.74, 6) is 0.483. The Morgan fingerprint density at radius 1 is 1.24 bits per heavy atom. The highest BCUT2D eigenvalue weighted by Gasteiger charge is 2.20. The summed E-state index contributed by atoms with van der Waals surface area (Å²) in [4.78, 5) is 7.81. The van der Waals surface area contributed by atoms with E-state index in [9.17, 15) is 0 Å². The molecule has 1 atom stereocenters. The van der Waals surface area contributed by atoms with Crippen molar-refractivity contribution in [2.75, 3.05) is 18.5 Å². The van der Waals surface area contributed by atoms with Crippen LogP contribution in [0, 0.1) is 0 Å². The lowest BCUT2D eigenvalue weighted by Gasteiger charge is -2.23. The first-order valence-electron chi connectivity index (χ1n) is 9.96. The molecule has 0 saturated carbocycles. The van der Waals surface area contributed by atoms with Gasteiger partial charge in [0.15, 0.2) is 0 Å². The molecule has 0 aromatic heterocycles. The lowest BCUT2D eigenvalue weighted by atomic mass is 10.0. The van der Waals surface area contributed by atoms with Gasteiger partial charge >= 0.3 is 0 Å². The summed E-state index contributed by atoms with van der Waals surface area (Å²) in [5.41, 5.74) is 11.8. The predicted molar refractivity (Wildman–Crippen MR) is 126 cm³/mol. The molecule has 3 N–H and O–H groups in total. The van der Waals surface area contributed by atoms with E-state index in [0.717, 1.165) is 42.1 Å². The first-order chi connectivity index (χ1) is 14.1. The number of hydrogen-bond donors (Lipinski definition) is 2. The van der Waals surface area contributed by atoms with Gasteiger partial charge in [0.25, 0.3) is 0 Å². The second kappa shape index (κ2) is 8.72. The largest absolute Gasteiger partial charge is 0.383 e. The highest BCUT2D eigenvalue weighted by atomic mass is 32.1. The molecule has 0 radical (unpaired) electrons. The molecule has 2 aromatic carbocycles. The summed E-state index contributed by atoms with van der Waals surface area (Å²) < 4.78 is 0. The maximum absolute atomic E-state index is 6.25. The van der Waals surface area contributed by atoms with E-state index < -0.39 is 0 Å². The van der Waals surface area contributed by atoms with Crippen LogP contribution in [0.5, 0.6) is 0 Å². The van der Waals surface area contributed by atoms with E-state index in [4.69, 9.17) is 18.0 Å². The molecular formula is C24H26N4S. The number of rotatable bonds is 4. The number of amidine groups is 1. The number of anilines is 1. The third kappa shape index (κ3) is 4.63. The third-order valence-electron chi connectivity index (χ3n) is 5.40. The van der Waals surface area contributed by atoms with Gasteiger partial charge in [0.1, 0.15) is 5.84 Å². The lowest BCUT2D eigenvalue weighted by molar-refractivity contribution is 0.521. The molecule has 5 heteroatoms. The van der Waals surface area contributed by atoms with Crippen LogP contribution in [0.15, 0.2) is 77.3 Å². The van der Waals surface area contributed by atoms with Crippen molar-refractivity contribution < 1.29 is 0 Å². The SMILES string of the molecule is CN1CC(Cc2ccccc2)NCc2cc(N=C(N)C3=CC=CCC3=S)ccc21. The first kappa shape index (κ1) is 19.6. The second-order valence-corrected chi connectivity index (χ2v) is 8.09. The van der Waals surface area contributed by atoms with Crippen LogP contribution in [0.3, 0.4) is 0 Å². The molecule has 0 fully saturated rings. The summed E-state index contributed by atoms with van der Waals surface area (Å²) in [5, 5.41) is 3.70. The van der Waals surface area contributed by atoms with E-state index in [1.165, 1.54) is 16.8 Å². The first-order valence-corrected chi connectivity index (χ1v) is 10.4. The van der Waals surface area contributed by atoms with Crippen molar-refractivity contribution in [3.63, 3.8) is 0 Å². The maximum Gasteiger partial charge on any atom is 0.132 e. The van der Waals surface area contributed by atoms with Crippen molar-refractivity contribution in [1.82, 2.24) is 5.32 Å². The number of fused-ring (bicyclic) bond motifs is 1. The van der Waals surface area contributed by atoms with Crippen molar-refractivity contribution in [3.8, 4) is 0 Å². The minimum atomic E-state index is 0.392. The average Bonchev–Trinajstić information content (AvgIpc) is 2.87. The molecule has 0 amide bonds. The molecule has 4 rings (SSSR count). The zero-order chi connectivity index (χ0) is 20.2. The van der Waals surface area contributed by atoms with Gasteiger partial charge in [-0.25, -0.2) is 4.99 Å². The molecule has 1 aliphatic heterocycles. The second-order valence-electron chi connectivity index (χ2n) is 7.59. The number of thiocarbonyl (C=S) groups is 1. The Bertz CT molecular complexity index is 991. The van der Waals surface area contributed by atoms with Gasteiger partial charge in [-0.15, -0.1) is 0 Å². The molecule has 148 valence electrons. The zero-order valence-corrected chi connectivity index (χ0v) is 17.5. The van der Waals surface area contributed by atoms with Crippen molar-refractivity contribution in [1.29, 1.82) is 0 Å². The topological polar surface area (TPSA) is 53.6 Å². The number of hydrogen-bond acceptors (Lipinski definition) is 4. The number of nitrogens with one attached hydrogen (secondary N) is 1. The number of benzene rings is 2. The van der Waals surface area contributed by atoms with Crippen molar-refractivity contribution in [2.24, 2.45) is 10.7 Å². The third-order valence-corrected chi connectivity index (χ3v) is 5.79. The Balaban J connectivity index is 1.53. The van der Waals surface area contributed by atoms with Crippen molar-refractivity contribution >= 4 is 34.3 Å². The molecule has 29 heavy (non-hydrogen) atoms. The quantitative estimate of drug-likeness (QED) is 0.460. The van der Waals surface area contributed by atoms with E-state index in [-0.39, 0.29) is 0 Å². The van der Waals surface area contributed by atoms with Gasteiger partial charge in [-0.3, -0.25) is 0 Å². The molecule has 1 heterocycles. The van der Waals surface area contributed by atoms with Crippen molar-refractivity contribution in [3.05, 3.63) is 83.5 Å². The Labute approximate surface area is 177 Å². The maximum atomic E-state index is 6.25. The standard InChI is InChI=1S/C24H26N4S/c1-28-16-20(13-17-7-3-2-4-8-17)26-15-18-14-19(11-12-22(18)28)27-24(25)21-9-5-6-10-23(21)29/h2-9,11-12,14,20,26H,10,13,15-16H2,1H3,(H2,25,27). The molecule has 2 aromatic rings. The van der Waals surface area contributed by atoms with Crippen LogP contribution >= 0.6 is 12.2 Å². The summed E-state index contributed by atoms with van der Waals surface area (Å²) in [6, 6.07) is 17.3. The van der Waals surface area contributed by atoms with Crippen LogP contribution < -0.4 is 16.0 Å². The lowest BCUT2D eigenvalue weighted by Crippen LogP contribution is -2.38. The normalized spacial score (nSPS) is 19.6. The summed E-state index contributed by atoms with van der Waals surface area (Å²) >= 11 is 5.42. The number of nitrogens with two attached hydrogens (primary N) is 1. The van der Waals surface area contributed by atoms with Crippen LogP contribution in [0.4, 0.5) is 11.4 Å². The van der Waals surface area contributed by atoms with E-state index in [1.807, 2.05) is 24.3 Å². The van der Waals surface area contributed by atoms with Gasteiger partial charge in [0.2, 0.25) is 0 Å². The number of likely N-dealkylation sites (N-methyl/N-ethyl adjacent to an activating group) is 1. The summed E-state index contributed by atoms with van der Waals surface area (Å²) in [6.07, 6.45) is 7.72. The predicted octanol–water partition coefficient (Wildman–Crippen LogP) is 4.08. The smallest absolute Gasteiger partial charge is 0.132 e. The van der Waals surface area contributed by atoms with E-state index in [1.54, 1.807) is 0 Å². The van der Waals surface area contributed by atoms with Crippen molar-refractivity contribution in [2.45, 2.75) is 25.4 Å². The minimum Gasteiger partial charge on any atom is -0.383 e. The van der Waals surface area contributed by atoms with Crippen LogP contribution in [0.1, 0.15) is 17.5 Å². The Kier molecular flexibility index (Phi) is 5.88. The molecular weight excluding hydrogens is 376 g/mol. The fourth-order valence-corrected chi connectivity index (χ4v) is 4.18. The van der Waals surface area contributed by atoms with Gasteiger partial charge in [-0.2, -0.15) is 0 Å². The van der Waals surface area contributed by atoms with E-state index in [2.05, 4.69) is 64.7 Å². The van der Waals surface area contributed by atoms with Crippen LogP contribution in [0.25, 0.3) is 0 Å². The highest BCUT2D eigenvalue weighted by Crippen LogP contribution is 2.28. The molecule has 0 saturated heterocycles. The molecule has 0 spiro atoms. The summed E-state index contributed by atoms with van der Waals surface area (Å²) in [6.45, 7) is 1.77. The van der Waals surface area contributed by atoms with Gasteiger partial charge < -0.3 is 16.0 Å². The fourth-order valence-electron chi connectivity index (χ4n) is 3.91. The van der Waals surface area contributed by atoms with Crippen LogP contribution in [-0.4, -0.2) is 30.3 Å². The van der Waals surface area contributed by atoms with Crippen LogP contribution in [0.2, 0.25) is 0 Å². The van der Waals surface area contributed by atoms with Gasteiger partial charge in [0.05, 0.1) is 5.69 Å². The Morgan fingerprint density at radius 2 is 2.07 bits per heavy atom. The monoisotopic (exact) mass is 402 g/mol. The highest BCUT2D eigenvalue weighted by molar-refractivity contribution is 7.81. The number of nitrogens with zero attached hydrogens (tertiary/aromatic N) is 2. The average molecular weight is 403 g/mol. The molecule has 4 nitrogen and oxygen atoms in total. The van der Waals surface area contributed by atoms with E-state index >= 15 is 0 Å². The van der Waals surface area contributed by atoms with Gasteiger partial charge in [0, 0.05) is 48.7 Å². The molecule has 2 aliphatic rings. The molecule has 0 bridgehead atoms. The number of aliphatic imine (C=N–C) groups is 1.